The van der Waals surface area contributed by atoms with Gasteiger partial charge in [0.2, 0.25) is 0 Å². The number of piperidine rings is 1. The van der Waals surface area contributed by atoms with E-state index in [1.807, 2.05) is 30.4 Å². The number of nitrogens with one attached hydrogen (secondary N) is 2. The van der Waals surface area contributed by atoms with Crippen LogP contribution in [-0.2, 0) is 6.54 Å². The predicted molar refractivity (Wildman–Crippen MR) is 121 cm³/mol. The molecule has 152 valence electrons. The molecule has 1 aromatic carbocycles. The van der Waals surface area contributed by atoms with Gasteiger partial charge in [-0.25, -0.2) is 4.98 Å². The van der Waals surface area contributed by atoms with E-state index in [1.165, 1.54) is 5.56 Å². The topological polar surface area (TPSA) is 52.6 Å². The zero-order valence-electron chi connectivity index (χ0n) is 16.8. The molecule has 2 aromatic rings. The molecule has 2 heterocycles. The Hall–Kier alpha value is -1.57. The lowest BCUT2D eigenvalue weighted by atomic mass is 9.97. The van der Waals surface area contributed by atoms with Gasteiger partial charge in [-0.05, 0) is 31.7 Å². The first-order valence-corrected chi connectivity index (χ1v) is 11.9. The molecule has 7 heteroatoms. The Balaban J connectivity index is 1.35. The van der Waals surface area contributed by atoms with Gasteiger partial charge in [-0.2, -0.15) is 0 Å². The van der Waals surface area contributed by atoms with Gasteiger partial charge in [0.25, 0.3) is 0 Å². The summed E-state index contributed by atoms with van der Waals surface area (Å²) in [4.78, 5) is 11.3. The Morgan fingerprint density at radius 2 is 2.21 bits per heavy atom. The van der Waals surface area contributed by atoms with Crippen molar-refractivity contribution < 1.29 is 0 Å². The Labute approximate surface area is 177 Å². The van der Waals surface area contributed by atoms with Gasteiger partial charge in [-0.15, -0.1) is 11.3 Å². The summed E-state index contributed by atoms with van der Waals surface area (Å²) in [5.74, 6) is 2.00. The van der Waals surface area contributed by atoms with Crippen molar-refractivity contribution in [3.05, 3.63) is 47.5 Å². The molecule has 5 nitrogen and oxygen atoms in total. The van der Waals surface area contributed by atoms with Gasteiger partial charge < -0.3 is 10.6 Å². The van der Waals surface area contributed by atoms with Crippen LogP contribution in [0, 0.1) is 0 Å². The summed E-state index contributed by atoms with van der Waals surface area (Å²) in [5.41, 5.74) is 1.40. The second-order valence-corrected chi connectivity index (χ2v) is 9.41. The van der Waals surface area contributed by atoms with Crippen LogP contribution in [0.2, 0.25) is 0 Å². The van der Waals surface area contributed by atoms with Crippen LogP contribution < -0.4 is 10.6 Å². The summed E-state index contributed by atoms with van der Waals surface area (Å²) < 4.78 is 1.15. The molecular formula is C21H31N5S2. The number of nitrogens with zero attached hydrogens (tertiary/aromatic N) is 3. The molecule has 0 spiro atoms. The van der Waals surface area contributed by atoms with Gasteiger partial charge in [-0.3, -0.25) is 9.89 Å². The number of aliphatic imine (C=N–C) groups is 1. The standard InChI is InChI=1S/C21H31N5S2/c1-17-15-19(9-12-26(17)16-18-7-4-3-5-8-18)25-20(22-2)23-10-6-13-27-21-24-11-14-28-21/h3-5,7-8,11,14,17,19H,6,9-10,12-13,15-16H2,1-2H3,(H2,22,23,25). The molecule has 28 heavy (non-hydrogen) atoms. The highest BCUT2D eigenvalue weighted by Gasteiger charge is 2.25. The van der Waals surface area contributed by atoms with Crippen LogP contribution in [0.1, 0.15) is 31.7 Å². The monoisotopic (exact) mass is 417 g/mol. The summed E-state index contributed by atoms with van der Waals surface area (Å²) in [7, 11) is 1.85. The summed E-state index contributed by atoms with van der Waals surface area (Å²) >= 11 is 3.53. The Morgan fingerprint density at radius 3 is 2.93 bits per heavy atom. The van der Waals surface area contributed by atoms with Crippen molar-refractivity contribution in [2.45, 2.75) is 49.2 Å². The van der Waals surface area contributed by atoms with E-state index >= 15 is 0 Å². The lowest BCUT2D eigenvalue weighted by Gasteiger charge is -2.38. The van der Waals surface area contributed by atoms with Gasteiger partial charge in [0, 0.05) is 56.1 Å². The molecule has 2 N–H and O–H groups in total. The molecule has 3 rings (SSSR count). The van der Waals surface area contributed by atoms with Crippen molar-refractivity contribution in [2.24, 2.45) is 4.99 Å². The Bertz CT molecular complexity index is 705. The zero-order chi connectivity index (χ0) is 19.6. The number of benzene rings is 1. The summed E-state index contributed by atoms with van der Waals surface area (Å²) in [5, 5.41) is 9.10. The normalized spacial score (nSPS) is 20.9. The molecule has 0 bridgehead atoms. The fourth-order valence-corrected chi connectivity index (χ4v) is 5.16. The number of aromatic nitrogens is 1. The van der Waals surface area contributed by atoms with Gasteiger partial charge in [-0.1, -0.05) is 42.1 Å². The van der Waals surface area contributed by atoms with E-state index in [0.717, 1.165) is 54.9 Å². The maximum Gasteiger partial charge on any atom is 0.191 e. The second-order valence-electron chi connectivity index (χ2n) is 7.17. The average Bonchev–Trinajstić information content (AvgIpc) is 3.23. The van der Waals surface area contributed by atoms with E-state index < -0.39 is 0 Å². The minimum Gasteiger partial charge on any atom is -0.356 e. The molecule has 1 aliphatic heterocycles. The Kier molecular flexibility index (Phi) is 8.64. The molecule has 0 amide bonds. The number of thiazole rings is 1. The molecule has 0 aliphatic carbocycles. The number of rotatable bonds is 8. The van der Waals surface area contributed by atoms with Crippen molar-refractivity contribution in [3.63, 3.8) is 0 Å². The summed E-state index contributed by atoms with van der Waals surface area (Å²) in [6.07, 6.45) is 5.26. The van der Waals surface area contributed by atoms with Crippen LogP contribution in [0.4, 0.5) is 0 Å². The zero-order valence-corrected chi connectivity index (χ0v) is 18.4. The van der Waals surface area contributed by atoms with E-state index in [4.69, 9.17) is 0 Å². The van der Waals surface area contributed by atoms with Gasteiger partial charge in [0.05, 0.1) is 0 Å². The maximum atomic E-state index is 4.41. The highest BCUT2D eigenvalue weighted by atomic mass is 32.2. The van der Waals surface area contributed by atoms with E-state index in [0.29, 0.717) is 12.1 Å². The lowest BCUT2D eigenvalue weighted by Crippen LogP contribution is -2.51. The Morgan fingerprint density at radius 1 is 1.36 bits per heavy atom. The largest absolute Gasteiger partial charge is 0.356 e. The lowest BCUT2D eigenvalue weighted by molar-refractivity contribution is 0.134. The highest BCUT2D eigenvalue weighted by Crippen LogP contribution is 2.21. The van der Waals surface area contributed by atoms with Gasteiger partial charge in [0.15, 0.2) is 5.96 Å². The molecule has 2 unspecified atom stereocenters. The summed E-state index contributed by atoms with van der Waals surface area (Å²) in [6, 6.07) is 11.8. The van der Waals surface area contributed by atoms with Gasteiger partial charge in [0.1, 0.15) is 4.34 Å². The SMILES string of the molecule is CN=C(NCCCSc1nccs1)NC1CCN(Cc2ccccc2)C(C)C1. The van der Waals surface area contributed by atoms with Crippen molar-refractivity contribution in [1.29, 1.82) is 0 Å². The smallest absolute Gasteiger partial charge is 0.191 e. The molecule has 0 radical (unpaired) electrons. The van der Waals surface area contributed by atoms with Crippen LogP contribution in [0.5, 0.6) is 0 Å². The first kappa shape index (κ1) is 21.1. The first-order valence-electron chi connectivity index (χ1n) is 10.0. The van der Waals surface area contributed by atoms with Crippen molar-refractivity contribution in [1.82, 2.24) is 20.5 Å². The quantitative estimate of drug-likeness (QED) is 0.296. The molecule has 2 atom stereocenters. The van der Waals surface area contributed by atoms with E-state index in [2.05, 4.69) is 62.8 Å². The van der Waals surface area contributed by atoms with Crippen LogP contribution in [-0.4, -0.2) is 53.8 Å². The first-order chi connectivity index (χ1) is 13.7. The molecule has 1 aromatic heterocycles. The number of hydrogen-bond donors (Lipinski definition) is 2. The summed E-state index contributed by atoms with van der Waals surface area (Å²) in [6.45, 7) is 5.43. The molecular weight excluding hydrogens is 386 g/mol. The number of thioether (sulfide) groups is 1. The van der Waals surface area contributed by atoms with E-state index in [9.17, 15) is 0 Å². The third-order valence-corrected chi connectivity index (χ3v) is 7.11. The van der Waals surface area contributed by atoms with E-state index in [1.54, 1.807) is 11.3 Å². The third-order valence-electron chi connectivity index (χ3n) is 5.06. The van der Waals surface area contributed by atoms with Crippen LogP contribution in [0.25, 0.3) is 0 Å². The minimum atomic E-state index is 0.484. The van der Waals surface area contributed by atoms with Crippen molar-refractivity contribution >= 4 is 29.1 Å². The number of likely N-dealkylation sites (tertiary alicyclic amines) is 1. The van der Waals surface area contributed by atoms with Crippen molar-refractivity contribution in [3.8, 4) is 0 Å². The third kappa shape index (κ3) is 6.79. The van der Waals surface area contributed by atoms with Crippen molar-refractivity contribution in [2.75, 3.05) is 25.9 Å². The molecule has 1 fully saturated rings. The van der Waals surface area contributed by atoms with Gasteiger partial charge >= 0.3 is 0 Å². The second kappa shape index (κ2) is 11.4. The maximum absolute atomic E-state index is 4.41. The molecule has 1 aliphatic rings. The fraction of sp³-hybridized carbons (Fsp3) is 0.524. The molecule has 1 saturated heterocycles. The van der Waals surface area contributed by atoms with E-state index in [-0.39, 0.29) is 0 Å². The average molecular weight is 418 g/mol. The molecule has 0 saturated carbocycles. The van der Waals surface area contributed by atoms with Crippen LogP contribution in [0.3, 0.4) is 0 Å². The minimum absolute atomic E-state index is 0.484. The number of hydrogen-bond acceptors (Lipinski definition) is 5. The fourth-order valence-electron chi connectivity index (χ4n) is 3.51. The number of guanidine groups is 1. The van der Waals surface area contributed by atoms with Crippen LogP contribution >= 0.6 is 23.1 Å². The predicted octanol–water partition coefficient (Wildman–Crippen LogP) is 3.84. The van der Waals surface area contributed by atoms with Crippen LogP contribution in [0.15, 0.2) is 51.2 Å². The highest BCUT2D eigenvalue weighted by molar-refractivity contribution is 8.00.